The Hall–Kier alpha value is -1.57. The normalized spacial score (nSPS) is 36.6. The summed E-state index contributed by atoms with van der Waals surface area (Å²) >= 11 is 0. The summed E-state index contributed by atoms with van der Waals surface area (Å²) in [6, 6.07) is 0.570. The van der Waals surface area contributed by atoms with E-state index in [0.29, 0.717) is 6.04 Å². The molecule has 4 heteroatoms. The van der Waals surface area contributed by atoms with Gasteiger partial charge in [0.25, 0.3) is 0 Å². The zero-order chi connectivity index (χ0) is 15.5. The lowest BCUT2D eigenvalue weighted by atomic mass is 9.77. The molecule has 0 amide bonds. The molecule has 1 unspecified atom stereocenters. The fourth-order valence-corrected chi connectivity index (χ4v) is 4.39. The molecule has 2 bridgehead atoms. The molecule has 3 atom stereocenters. The Morgan fingerprint density at radius 3 is 3.05 bits per heavy atom. The topological polar surface area (TPSA) is 49.8 Å². The van der Waals surface area contributed by atoms with Crippen molar-refractivity contribution in [2.24, 2.45) is 0 Å². The largest absolute Gasteiger partial charge is 0.449 e. The van der Waals surface area contributed by atoms with Crippen LogP contribution in [0.25, 0.3) is 0 Å². The van der Waals surface area contributed by atoms with Gasteiger partial charge in [-0.05, 0) is 33.2 Å². The van der Waals surface area contributed by atoms with Crippen LogP contribution in [0.15, 0.2) is 23.3 Å². The van der Waals surface area contributed by atoms with E-state index < -0.39 is 11.2 Å². The number of aliphatic hydroxyl groups is 1. The van der Waals surface area contributed by atoms with Crippen molar-refractivity contribution in [2.45, 2.75) is 62.8 Å². The van der Waals surface area contributed by atoms with E-state index in [1.165, 1.54) is 12.8 Å². The van der Waals surface area contributed by atoms with E-state index in [9.17, 15) is 9.90 Å². The minimum Gasteiger partial charge on any atom is -0.449 e. The minimum atomic E-state index is -1.04. The van der Waals surface area contributed by atoms with Gasteiger partial charge in [-0.2, -0.15) is 0 Å². The molecule has 0 aromatic rings. The minimum absolute atomic E-state index is 0.251. The number of carbonyl (C=O) groups is 1. The summed E-state index contributed by atoms with van der Waals surface area (Å²) in [5.74, 6) is 5.72. The molecule has 4 nitrogen and oxygen atoms in total. The molecule has 2 fully saturated rings. The van der Waals surface area contributed by atoms with Gasteiger partial charge in [0.15, 0.2) is 5.60 Å². The van der Waals surface area contributed by atoms with Crippen LogP contribution in [0, 0.1) is 11.8 Å². The molecule has 1 spiro atoms. The highest BCUT2D eigenvalue weighted by atomic mass is 16.6. The maximum atomic E-state index is 12.0. The third-order valence-corrected chi connectivity index (χ3v) is 5.17. The summed E-state index contributed by atoms with van der Waals surface area (Å²) < 4.78 is 5.83. The summed E-state index contributed by atoms with van der Waals surface area (Å²) in [6.45, 7) is 4.40. The number of carbonyl (C=O) groups excluding carboxylic acids is 1. The Labute approximate surface area is 130 Å². The van der Waals surface area contributed by atoms with Crippen LogP contribution in [0.5, 0.6) is 0 Å². The molecule has 4 aliphatic rings. The van der Waals surface area contributed by atoms with E-state index in [1.54, 1.807) is 19.9 Å². The van der Waals surface area contributed by atoms with Crippen molar-refractivity contribution < 1.29 is 14.6 Å². The molecule has 0 saturated carbocycles. The Bertz CT molecular complexity index is 658. The summed E-state index contributed by atoms with van der Waals surface area (Å²) in [6.07, 6.45) is 8.08. The van der Waals surface area contributed by atoms with Crippen LogP contribution in [0.2, 0.25) is 0 Å². The lowest BCUT2D eigenvalue weighted by molar-refractivity contribution is -0.148. The molecule has 0 aromatic heterocycles. The van der Waals surface area contributed by atoms with E-state index in [2.05, 4.69) is 22.8 Å². The van der Waals surface area contributed by atoms with Gasteiger partial charge in [-0.1, -0.05) is 24.3 Å². The van der Waals surface area contributed by atoms with E-state index in [-0.39, 0.29) is 12.0 Å². The van der Waals surface area contributed by atoms with Crippen molar-refractivity contribution in [3.8, 4) is 11.8 Å². The molecule has 2 saturated heterocycles. The molecule has 1 aliphatic carbocycles. The number of fused-ring (bicyclic) bond motifs is 3. The maximum Gasteiger partial charge on any atom is 0.332 e. The van der Waals surface area contributed by atoms with Crippen molar-refractivity contribution in [3.05, 3.63) is 23.3 Å². The third-order valence-electron chi connectivity index (χ3n) is 5.17. The van der Waals surface area contributed by atoms with E-state index >= 15 is 0 Å². The van der Waals surface area contributed by atoms with Crippen molar-refractivity contribution in [3.63, 3.8) is 0 Å². The van der Waals surface area contributed by atoms with Crippen LogP contribution in [0.1, 0.15) is 39.5 Å². The molecular weight excluding hydrogens is 278 g/mol. The average molecular weight is 299 g/mol. The molecular formula is C18H21NO3. The lowest BCUT2D eigenvalue weighted by Gasteiger charge is -2.38. The van der Waals surface area contributed by atoms with Crippen molar-refractivity contribution in [1.29, 1.82) is 0 Å². The van der Waals surface area contributed by atoms with Crippen molar-refractivity contribution >= 4 is 5.97 Å². The van der Waals surface area contributed by atoms with Crippen LogP contribution in [0.4, 0.5) is 0 Å². The molecule has 116 valence electrons. The molecule has 22 heavy (non-hydrogen) atoms. The number of hydrogen-bond acceptors (Lipinski definition) is 4. The SMILES string of the molecule is CC(C)(O)C#CC1=C[C@@H]2C[C@@]3(OC(=O)C=C13)C1CCCCN12. The van der Waals surface area contributed by atoms with Crippen LogP contribution in [0.3, 0.4) is 0 Å². The van der Waals surface area contributed by atoms with Gasteiger partial charge < -0.3 is 9.84 Å². The molecule has 3 aliphatic heterocycles. The van der Waals surface area contributed by atoms with Gasteiger partial charge in [-0.15, -0.1) is 0 Å². The van der Waals surface area contributed by atoms with Gasteiger partial charge in [0, 0.05) is 29.7 Å². The van der Waals surface area contributed by atoms with E-state index in [4.69, 9.17) is 4.74 Å². The average Bonchev–Trinajstić information content (AvgIpc) is 2.92. The highest BCUT2D eigenvalue weighted by Crippen LogP contribution is 2.53. The lowest BCUT2D eigenvalue weighted by Crippen LogP contribution is -2.48. The van der Waals surface area contributed by atoms with Gasteiger partial charge in [-0.25, -0.2) is 4.79 Å². The first-order valence-electron chi connectivity index (χ1n) is 8.08. The van der Waals surface area contributed by atoms with Crippen molar-refractivity contribution in [1.82, 2.24) is 4.90 Å². The summed E-state index contributed by atoms with van der Waals surface area (Å²) in [5, 5.41) is 9.86. The van der Waals surface area contributed by atoms with Crippen LogP contribution >= 0.6 is 0 Å². The Morgan fingerprint density at radius 2 is 2.27 bits per heavy atom. The first-order chi connectivity index (χ1) is 10.4. The zero-order valence-electron chi connectivity index (χ0n) is 13.1. The summed E-state index contributed by atoms with van der Waals surface area (Å²) in [4.78, 5) is 14.5. The number of ether oxygens (including phenoxy) is 1. The Balaban J connectivity index is 1.80. The summed E-state index contributed by atoms with van der Waals surface area (Å²) in [5.41, 5.74) is 0.251. The smallest absolute Gasteiger partial charge is 0.332 e. The molecule has 0 radical (unpaired) electrons. The zero-order valence-corrected chi connectivity index (χ0v) is 13.1. The molecule has 3 heterocycles. The Morgan fingerprint density at radius 1 is 1.45 bits per heavy atom. The quantitative estimate of drug-likeness (QED) is 0.545. The highest BCUT2D eigenvalue weighted by molar-refractivity contribution is 5.90. The van der Waals surface area contributed by atoms with Crippen LogP contribution in [-0.2, 0) is 9.53 Å². The van der Waals surface area contributed by atoms with Crippen LogP contribution < -0.4 is 0 Å². The Kier molecular flexibility index (Phi) is 2.85. The second-order valence-corrected chi connectivity index (χ2v) is 7.28. The fourth-order valence-electron chi connectivity index (χ4n) is 4.39. The van der Waals surface area contributed by atoms with E-state index in [1.807, 2.05) is 0 Å². The van der Waals surface area contributed by atoms with Gasteiger partial charge in [0.1, 0.15) is 5.60 Å². The van der Waals surface area contributed by atoms with Crippen molar-refractivity contribution in [2.75, 3.05) is 6.54 Å². The van der Waals surface area contributed by atoms with Gasteiger partial charge in [-0.3, -0.25) is 4.90 Å². The highest BCUT2D eigenvalue weighted by Gasteiger charge is 2.61. The first-order valence-corrected chi connectivity index (χ1v) is 8.08. The standard InChI is InChI=1S/C18H21NO3/c1-17(2,21)7-6-12-9-13-11-18(14(12)10-16(20)22-18)15-5-3-4-8-19(13)15/h9-10,13,15,21H,3-5,8,11H2,1-2H3/t13-,15?,18+/m1/s1. The maximum absolute atomic E-state index is 12.0. The number of esters is 1. The number of nitrogens with zero attached hydrogens (tertiary/aromatic N) is 1. The number of hydrogen-bond donors (Lipinski definition) is 1. The second kappa shape index (κ2) is 4.47. The predicted octanol–water partition coefficient (Wildman–Crippen LogP) is 1.55. The monoisotopic (exact) mass is 299 g/mol. The predicted molar refractivity (Wildman–Crippen MR) is 81.8 cm³/mol. The molecule has 0 aromatic carbocycles. The van der Waals surface area contributed by atoms with E-state index in [0.717, 1.165) is 30.5 Å². The van der Waals surface area contributed by atoms with Gasteiger partial charge >= 0.3 is 5.97 Å². The van der Waals surface area contributed by atoms with Gasteiger partial charge in [0.05, 0.1) is 6.04 Å². The molecule has 1 N–H and O–H groups in total. The summed E-state index contributed by atoms with van der Waals surface area (Å²) in [7, 11) is 0. The van der Waals surface area contributed by atoms with Crippen LogP contribution in [-0.4, -0.2) is 45.8 Å². The van der Waals surface area contributed by atoms with Gasteiger partial charge in [0.2, 0.25) is 0 Å². The third kappa shape index (κ3) is 1.96. The second-order valence-electron chi connectivity index (χ2n) is 7.28. The fraction of sp³-hybridized carbons (Fsp3) is 0.611. The number of rotatable bonds is 0. The molecule has 4 rings (SSSR count). The number of piperidine rings is 1. The first kappa shape index (κ1) is 14.0.